The Bertz CT molecular complexity index is 445. The number of rotatable bonds is 2. The Morgan fingerprint density at radius 3 is 2.47 bits per heavy atom. The van der Waals surface area contributed by atoms with Gasteiger partial charge >= 0.3 is 0 Å². The topological polar surface area (TPSA) is 33.1 Å². The molecule has 0 aliphatic heterocycles. The monoisotopic (exact) mass is 219 g/mol. The van der Waals surface area contributed by atoms with Gasteiger partial charge in [0.05, 0.1) is 11.0 Å². The molecule has 0 saturated carbocycles. The van der Waals surface area contributed by atoms with Crippen molar-refractivity contribution in [3.8, 4) is 10.6 Å². The van der Waals surface area contributed by atoms with Crippen molar-refractivity contribution >= 4 is 11.3 Å². The Kier molecular flexibility index (Phi) is 2.84. The largest absolute Gasteiger partial charge is 0.388 e. The second kappa shape index (κ2) is 4.13. The van der Waals surface area contributed by atoms with Gasteiger partial charge in [0.25, 0.3) is 0 Å². The number of hydrogen-bond donors (Lipinski definition) is 1. The van der Waals surface area contributed by atoms with Gasteiger partial charge in [0.1, 0.15) is 5.01 Å². The van der Waals surface area contributed by atoms with Crippen molar-refractivity contribution < 1.29 is 5.11 Å². The number of aliphatic hydroxyl groups excluding tert-OH is 1. The van der Waals surface area contributed by atoms with E-state index in [-0.39, 0.29) is 0 Å². The van der Waals surface area contributed by atoms with Gasteiger partial charge in [-0.2, -0.15) is 0 Å². The fourth-order valence-corrected chi connectivity index (χ4v) is 2.17. The lowest BCUT2D eigenvalue weighted by atomic mass is 10.2. The van der Waals surface area contributed by atoms with Crippen LogP contribution in [0.2, 0.25) is 0 Å². The minimum Gasteiger partial charge on any atom is -0.388 e. The van der Waals surface area contributed by atoms with E-state index in [1.54, 1.807) is 13.1 Å². The minimum atomic E-state index is -0.429. The van der Waals surface area contributed by atoms with Crippen molar-refractivity contribution in [2.45, 2.75) is 20.0 Å². The van der Waals surface area contributed by atoms with Gasteiger partial charge in [-0.1, -0.05) is 29.8 Å². The standard InChI is InChI=1S/C12H13NOS/c1-8-3-5-10(6-4-8)12-13-7-11(15-12)9(2)14/h3-7,9,14H,1-2H3. The fourth-order valence-electron chi connectivity index (χ4n) is 1.31. The van der Waals surface area contributed by atoms with Gasteiger partial charge in [0.15, 0.2) is 0 Å². The number of thiazole rings is 1. The van der Waals surface area contributed by atoms with E-state index in [4.69, 9.17) is 0 Å². The molecule has 15 heavy (non-hydrogen) atoms. The summed E-state index contributed by atoms with van der Waals surface area (Å²) in [4.78, 5) is 5.20. The molecule has 2 aromatic rings. The maximum Gasteiger partial charge on any atom is 0.123 e. The summed E-state index contributed by atoms with van der Waals surface area (Å²) >= 11 is 1.54. The Morgan fingerprint density at radius 2 is 1.93 bits per heavy atom. The molecular weight excluding hydrogens is 206 g/mol. The number of aliphatic hydroxyl groups is 1. The van der Waals surface area contributed by atoms with Gasteiger partial charge < -0.3 is 5.11 Å². The predicted octanol–water partition coefficient (Wildman–Crippen LogP) is 3.17. The molecule has 0 radical (unpaired) electrons. The fraction of sp³-hybridized carbons (Fsp3) is 0.250. The highest BCUT2D eigenvalue weighted by Gasteiger charge is 2.07. The van der Waals surface area contributed by atoms with Gasteiger partial charge in [-0.05, 0) is 13.8 Å². The molecule has 2 nitrogen and oxygen atoms in total. The molecule has 2 rings (SSSR count). The second-order valence-electron chi connectivity index (χ2n) is 3.61. The Balaban J connectivity index is 2.33. The summed E-state index contributed by atoms with van der Waals surface area (Å²) in [6.45, 7) is 3.82. The zero-order valence-electron chi connectivity index (χ0n) is 8.77. The maximum atomic E-state index is 9.40. The summed E-state index contributed by atoms with van der Waals surface area (Å²) in [5, 5.41) is 10.4. The van der Waals surface area contributed by atoms with Crippen LogP contribution in [0.25, 0.3) is 10.6 Å². The van der Waals surface area contributed by atoms with Crippen molar-refractivity contribution in [1.29, 1.82) is 0 Å². The summed E-state index contributed by atoms with van der Waals surface area (Å²) in [5.74, 6) is 0. The highest BCUT2D eigenvalue weighted by Crippen LogP contribution is 2.28. The molecule has 1 heterocycles. The minimum absolute atomic E-state index is 0.429. The molecule has 1 aromatic heterocycles. The average Bonchev–Trinajstić information content (AvgIpc) is 2.68. The summed E-state index contributed by atoms with van der Waals surface area (Å²) in [7, 11) is 0. The van der Waals surface area contributed by atoms with E-state index in [0.29, 0.717) is 0 Å². The average molecular weight is 219 g/mol. The number of nitrogens with zero attached hydrogens (tertiary/aromatic N) is 1. The lowest BCUT2D eigenvalue weighted by Gasteiger charge is -1.97. The molecule has 0 aliphatic rings. The van der Waals surface area contributed by atoms with Gasteiger partial charge in [-0.15, -0.1) is 11.3 Å². The molecule has 1 atom stereocenters. The van der Waals surface area contributed by atoms with Crippen LogP contribution in [0.15, 0.2) is 30.5 Å². The number of aromatic nitrogens is 1. The van der Waals surface area contributed by atoms with Crippen LogP contribution in [-0.4, -0.2) is 10.1 Å². The highest BCUT2D eigenvalue weighted by atomic mass is 32.1. The molecule has 1 N–H and O–H groups in total. The first-order chi connectivity index (χ1) is 7.16. The molecule has 3 heteroatoms. The maximum absolute atomic E-state index is 9.40. The predicted molar refractivity (Wildman–Crippen MR) is 62.9 cm³/mol. The van der Waals surface area contributed by atoms with Crippen molar-refractivity contribution in [3.05, 3.63) is 40.9 Å². The first-order valence-electron chi connectivity index (χ1n) is 4.87. The van der Waals surface area contributed by atoms with Crippen LogP contribution in [0.5, 0.6) is 0 Å². The molecule has 1 unspecified atom stereocenters. The van der Waals surface area contributed by atoms with Crippen molar-refractivity contribution in [2.24, 2.45) is 0 Å². The lowest BCUT2D eigenvalue weighted by Crippen LogP contribution is -1.83. The molecule has 78 valence electrons. The molecule has 0 amide bonds. The van der Waals surface area contributed by atoms with Crippen LogP contribution in [-0.2, 0) is 0 Å². The Labute approximate surface area is 93.2 Å². The van der Waals surface area contributed by atoms with E-state index in [9.17, 15) is 5.11 Å². The van der Waals surface area contributed by atoms with E-state index >= 15 is 0 Å². The third kappa shape index (κ3) is 2.25. The van der Waals surface area contributed by atoms with Crippen LogP contribution >= 0.6 is 11.3 Å². The smallest absolute Gasteiger partial charge is 0.123 e. The SMILES string of the molecule is Cc1ccc(-c2ncc(C(C)O)s2)cc1. The van der Waals surface area contributed by atoms with Gasteiger partial charge in [-0.25, -0.2) is 4.98 Å². The van der Waals surface area contributed by atoms with Crippen molar-refractivity contribution in [3.63, 3.8) is 0 Å². The van der Waals surface area contributed by atoms with Crippen LogP contribution in [0, 0.1) is 6.92 Å². The summed E-state index contributed by atoms with van der Waals surface area (Å²) in [5.41, 5.74) is 2.35. The number of benzene rings is 1. The van der Waals surface area contributed by atoms with Gasteiger partial charge in [0.2, 0.25) is 0 Å². The quantitative estimate of drug-likeness (QED) is 0.841. The zero-order chi connectivity index (χ0) is 10.8. The van der Waals surface area contributed by atoms with E-state index in [1.165, 1.54) is 16.9 Å². The normalized spacial score (nSPS) is 12.7. The number of hydrogen-bond acceptors (Lipinski definition) is 3. The Morgan fingerprint density at radius 1 is 1.27 bits per heavy atom. The summed E-state index contributed by atoms with van der Waals surface area (Å²) < 4.78 is 0. The van der Waals surface area contributed by atoms with E-state index < -0.39 is 6.10 Å². The molecule has 0 bridgehead atoms. The third-order valence-corrected chi connectivity index (χ3v) is 3.45. The van der Waals surface area contributed by atoms with Gasteiger partial charge in [0, 0.05) is 11.8 Å². The van der Waals surface area contributed by atoms with E-state index in [0.717, 1.165) is 15.4 Å². The first kappa shape index (κ1) is 10.3. The first-order valence-corrected chi connectivity index (χ1v) is 5.69. The number of aryl methyl sites for hydroxylation is 1. The van der Waals surface area contributed by atoms with Crippen molar-refractivity contribution in [2.75, 3.05) is 0 Å². The molecular formula is C12H13NOS. The summed E-state index contributed by atoms with van der Waals surface area (Å²) in [6.07, 6.45) is 1.31. The van der Waals surface area contributed by atoms with Crippen LogP contribution < -0.4 is 0 Å². The van der Waals surface area contributed by atoms with Crippen LogP contribution in [0.1, 0.15) is 23.5 Å². The third-order valence-electron chi connectivity index (χ3n) is 2.23. The van der Waals surface area contributed by atoms with Crippen molar-refractivity contribution in [1.82, 2.24) is 4.98 Å². The molecule has 0 spiro atoms. The molecule has 0 fully saturated rings. The zero-order valence-corrected chi connectivity index (χ0v) is 9.58. The highest BCUT2D eigenvalue weighted by molar-refractivity contribution is 7.15. The van der Waals surface area contributed by atoms with Gasteiger partial charge in [-0.3, -0.25) is 0 Å². The van der Waals surface area contributed by atoms with E-state index in [1.807, 2.05) is 0 Å². The molecule has 1 aromatic carbocycles. The van der Waals surface area contributed by atoms with Crippen LogP contribution in [0.4, 0.5) is 0 Å². The molecule has 0 saturated heterocycles. The summed E-state index contributed by atoms with van der Waals surface area (Å²) in [6, 6.07) is 8.25. The van der Waals surface area contributed by atoms with E-state index in [2.05, 4.69) is 36.2 Å². The Hall–Kier alpha value is -1.19. The molecule has 0 aliphatic carbocycles. The van der Waals surface area contributed by atoms with Crippen LogP contribution in [0.3, 0.4) is 0 Å². The second-order valence-corrected chi connectivity index (χ2v) is 4.67. The lowest BCUT2D eigenvalue weighted by molar-refractivity contribution is 0.203.